The summed E-state index contributed by atoms with van der Waals surface area (Å²) < 4.78 is 0. The Morgan fingerprint density at radius 3 is 2.12 bits per heavy atom. The van der Waals surface area contributed by atoms with Gasteiger partial charge < -0.3 is 10.6 Å². The van der Waals surface area contributed by atoms with Crippen LogP contribution in [0.1, 0.15) is 1.43 Å². The Morgan fingerprint density at radius 1 is 1.75 bits per heavy atom. The van der Waals surface area contributed by atoms with Crippen LogP contribution in [0.2, 0.25) is 0 Å². The van der Waals surface area contributed by atoms with Crippen LogP contribution in [0.5, 0.6) is 0 Å². The molecule has 3 heteroatoms. The molecule has 0 fully saturated rings. The Hall–Kier alpha value is -0.990. The highest BCUT2D eigenvalue weighted by Crippen LogP contribution is 1.83. The number of nitrogens with two attached hydrogens (primary N) is 1. The van der Waals surface area contributed by atoms with Crippen molar-refractivity contribution in [2.75, 3.05) is 14.1 Å². The van der Waals surface area contributed by atoms with Gasteiger partial charge in [-0.15, -0.1) is 0 Å². The van der Waals surface area contributed by atoms with Crippen LogP contribution in [-0.2, 0) is 4.79 Å². The molecule has 0 atom stereocenters. The second-order valence-electron chi connectivity index (χ2n) is 1.72. The second kappa shape index (κ2) is 2.35. The molecular weight excluding hydrogens is 104 g/mol. The molecule has 0 spiro atoms. The molecule has 0 heterocycles. The van der Waals surface area contributed by atoms with Gasteiger partial charge >= 0.3 is 0 Å². The van der Waals surface area contributed by atoms with Gasteiger partial charge in [-0.1, -0.05) is 6.58 Å². The lowest BCUT2D eigenvalue weighted by Crippen LogP contribution is -2.26. The molecule has 0 rings (SSSR count). The highest BCUT2D eigenvalue weighted by molar-refractivity contribution is 5.91. The van der Waals surface area contributed by atoms with Gasteiger partial charge in [0.25, 0.3) is 5.91 Å². The molecule has 0 saturated carbocycles. The summed E-state index contributed by atoms with van der Waals surface area (Å²) in [5, 5.41) is 0. The number of nitrogens with zero attached hydrogens (tertiary/aromatic N) is 1. The van der Waals surface area contributed by atoms with Gasteiger partial charge in [0.05, 0.1) is 5.70 Å². The summed E-state index contributed by atoms with van der Waals surface area (Å²) in [6.07, 6.45) is 0. The number of likely N-dealkylation sites (N-methyl/N-ethyl adjacent to an activating group) is 1. The Balaban J connectivity index is 0. The van der Waals surface area contributed by atoms with E-state index in [1.54, 1.807) is 14.1 Å². The maximum absolute atomic E-state index is 10.5. The predicted molar refractivity (Wildman–Crippen MR) is 34.1 cm³/mol. The van der Waals surface area contributed by atoms with Gasteiger partial charge in [0.2, 0.25) is 0 Å². The lowest BCUT2D eigenvalue weighted by Gasteiger charge is -2.07. The van der Waals surface area contributed by atoms with E-state index >= 15 is 0 Å². The number of carbonyl (C=O) groups is 1. The van der Waals surface area contributed by atoms with Gasteiger partial charge in [-0.2, -0.15) is 0 Å². The Bertz CT molecular complexity index is 122. The number of rotatable bonds is 1. The Kier molecular flexibility index (Phi) is 2.06. The molecule has 0 aliphatic heterocycles. The fraction of sp³-hybridized carbons (Fsp3) is 0.400. The maximum atomic E-state index is 10.5. The van der Waals surface area contributed by atoms with Gasteiger partial charge in [-0.25, -0.2) is 0 Å². The minimum atomic E-state index is -0.231. The Labute approximate surface area is 50.3 Å². The highest BCUT2D eigenvalue weighted by Gasteiger charge is 2.02. The molecular formula is C5H12N2O. The largest absolute Gasteiger partial charge is 0.395 e. The van der Waals surface area contributed by atoms with Crippen LogP contribution in [0.4, 0.5) is 0 Å². The first-order chi connectivity index (χ1) is 3.55. The van der Waals surface area contributed by atoms with E-state index in [1.165, 1.54) is 4.90 Å². The number of carbonyl (C=O) groups excluding carboxylic acids is 1. The van der Waals surface area contributed by atoms with Crippen molar-refractivity contribution in [3.8, 4) is 0 Å². The van der Waals surface area contributed by atoms with Crippen molar-refractivity contribution < 1.29 is 6.22 Å². The van der Waals surface area contributed by atoms with E-state index in [4.69, 9.17) is 5.73 Å². The molecule has 0 aromatic heterocycles. The first kappa shape index (κ1) is 7.01. The summed E-state index contributed by atoms with van der Waals surface area (Å²) in [5.41, 5.74) is 5.13. The molecule has 3 nitrogen and oxygen atoms in total. The predicted octanol–water partition coefficient (Wildman–Crippen LogP) is -0.207. The zero-order valence-corrected chi connectivity index (χ0v) is 5.14. The first-order valence-electron chi connectivity index (χ1n) is 2.21. The quantitative estimate of drug-likeness (QED) is 0.482. The Morgan fingerprint density at radius 2 is 2.12 bits per heavy atom. The second-order valence-corrected chi connectivity index (χ2v) is 1.72. The summed E-state index contributed by atoms with van der Waals surface area (Å²) in [6.45, 7) is 3.26. The smallest absolute Gasteiger partial charge is 0.268 e. The molecule has 0 unspecified atom stereocenters. The van der Waals surface area contributed by atoms with Crippen molar-refractivity contribution in [3.63, 3.8) is 0 Å². The van der Waals surface area contributed by atoms with Gasteiger partial charge in [0.15, 0.2) is 0 Å². The van der Waals surface area contributed by atoms with Crippen LogP contribution < -0.4 is 5.73 Å². The molecule has 48 valence electrons. The first-order valence-corrected chi connectivity index (χ1v) is 2.21. The summed E-state index contributed by atoms with van der Waals surface area (Å²) in [5.74, 6) is -0.231. The molecule has 0 saturated heterocycles. The van der Waals surface area contributed by atoms with E-state index in [0.29, 0.717) is 0 Å². The third-order valence-electron chi connectivity index (χ3n) is 0.681. The third kappa shape index (κ3) is 1.64. The average Bonchev–Trinajstić information content (AvgIpc) is 1.64. The van der Waals surface area contributed by atoms with Crippen LogP contribution in [0.15, 0.2) is 12.3 Å². The van der Waals surface area contributed by atoms with Crippen molar-refractivity contribution >= 4 is 5.91 Å². The zero-order chi connectivity index (χ0) is 6.73. The van der Waals surface area contributed by atoms with E-state index in [2.05, 4.69) is 6.58 Å². The molecule has 0 aliphatic rings. The maximum Gasteiger partial charge on any atom is 0.268 e. The number of amides is 1. The molecule has 8 heavy (non-hydrogen) atoms. The van der Waals surface area contributed by atoms with Gasteiger partial charge in [0.1, 0.15) is 0 Å². The van der Waals surface area contributed by atoms with E-state index in [-0.39, 0.29) is 13.0 Å². The molecule has 0 aliphatic carbocycles. The fourth-order valence-corrected chi connectivity index (χ4v) is 0.287. The van der Waals surface area contributed by atoms with Crippen molar-refractivity contribution in [2.24, 2.45) is 5.73 Å². The lowest BCUT2D eigenvalue weighted by atomic mass is 10.4. The molecule has 0 aromatic rings. The highest BCUT2D eigenvalue weighted by atomic mass is 16.2. The van der Waals surface area contributed by atoms with E-state index in [0.717, 1.165) is 0 Å². The van der Waals surface area contributed by atoms with Crippen molar-refractivity contribution in [1.29, 1.82) is 0 Å². The van der Waals surface area contributed by atoms with E-state index < -0.39 is 0 Å². The molecule has 1 amide bonds. The minimum Gasteiger partial charge on any atom is -0.395 e. The monoisotopic (exact) mass is 116 g/mol. The zero-order valence-electron chi connectivity index (χ0n) is 5.14. The van der Waals surface area contributed by atoms with Crippen molar-refractivity contribution in [1.82, 2.24) is 4.90 Å². The summed E-state index contributed by atoms with van der Waals surface area (Å²) >= 11 is 0. The van der Waals surface area contributed by atoms with Crippen LogP contribution in [-0.4, -0.2) is 24.9 Å². The number of hydrogen-bond acceptors (Lipinski definition) is 2. The average molecular weight is 116 g/mol. The molecule has 0 bridgehead atoms. The van der Waals surface area contributed by atoms with Crippen molar-refractivity contribution in [3.05, 3.63) is 12.3 Å². The molecule has 0 aromatic carbocycles. The summed E-state index contributed by atoms with van der Waals surface area (Å²) in [6, 6.07) is 0. The van der Waals surface area contributed by atoms with E-state index in [9.17, 15) is 4.79 Å². The normalized spacial score (nSPS) is 8.25. The summed E-state index contributed by atoms with van der Waals surface area (Å²) in [7, 11) is 3.25. The molecule has 0 radical (unpaired) electrons. The molecule has 2 N–H and O–H groups in total. The van der Waals surface area contributed by atoms with Crippen LogP contribution >= 0.6 is 0 Å². The van der Waals surface area contributed by atoms with Crippen LogP contribution in [0, 0.1) is 0 Å². The number of hydrogen-bond donors (Lipinski definition) is 1. The minimum absolute atomic E-state index is 0. The topological polar surface area (TPSA) is 46.3 Å². The van der Waals surface area contributed by atoms with E-state index in [1.807, 2.05) is 0 Å². The lowest BCUT2D eigenvalue weighted by molar-refractivity contribution is -0.124. The van der Waals surface area contributed by atoms with Gasteiger partial charge in [0, 0.05) is 15.5 Å². The van der Waals surface area contributed by atoms with Gasteiger partial charge in [-0.05, 0) is 0 Å². The van der Waals surface area contributed by atoms with Crippen molar-refractivity contribution in [2.45, 2.75) is 0 Å². The SMILES string of the molecule is C=C(N)C(=O)N(C)C.[HH]. The summed E-state index contributed by atoms with van der Waals surface area (Å²) in [4.78, 5) is 11.9. The fourth-order valence-electron chi connectivity index (χ4n) is 0.287. The standard InChI is InChI=1S/C5H10N2O.H2/c1-4(6)5(8)7(2)3;/h1,6H2,2-3H3;1H. The van der Waals surface area contributed by atoms with Crippen LogP contribution in [0.25, 0.3) is 0 Å². The van der Waals surface area contributed by atoms with Gasteiger partial charge in [-0.3, -0.25) is 4.79 Å². The van der Waals surface area contributed by atoms with Crippen LogP contribution in [0.3, 0.4) is 0 Å². The third-order valence-corrected chi connectivity index (χ3v) is 0.681.